The molecule has 0 aliphatic rings. The zero-order valence-corrected chi connectivity index (χ0v) is 16.6. The molecule has 3 rings (SSSR count). The number of rotatable bonds is 4. The maximum absolute atomic E-state index is 12.2. The van der Waals surface area contributed by atoms with E-state index in [0.29, 0.717) is 28.2 Å². The minimum Gasteiger partial charge on any atom is -0.406 e. The van der Waals surface area contributed by atoms with Gasteiger partial charge in [-0.05, 0) is 48.9 Å². The first-order valence-electron chi connectivity index (χ1n) is 8.70. The van der Waals surface area contributed by atoms with E-state index in [9.17, 15) is 18.0 Å². The van der Waals surface area contributed by atoms with Gasteiger partial charge in [-0.1, -0.05) is 25.4 Å². The van der Waals surface area contributed by atoms with Crippen molar-refractivity contribution in [3.05, 3.63) is 59.9 Å². The van der Waals surface area contributed by atoms with Crippen molar-refractivity contribution in [2.45, 2.75) is 27.1 Å². The molecule has 0 atom stereocenters. The van der Waals surface area contributed by atoms with Crippen LogP contribution in [0.2, 0.25) is 0 Å². The van der Waals surface area contributed by atoms with Crippen LogP contribution in [0, 0.1) is 12.5 Å². The fraction of sp³-hybridized carbons (Fsp3) is 0.211. The second-order valence-electron chi connectivity index (χ2n) is 5.45. The highest BCUT2D eigenvalue weighted by molar-refractivity contribution is 5.94. The zero-order valence-electron chi connectivity index (χ0n) is 16.6. The van der Waals surface area contributed by atoms with Crippen molar-refractivity contribution in [1.82, 2.24) is 14.8 Å². The molecule has 3 aromatic rings. The number of hydrogen-bond donors (Lipinski definition) is 3. The van der Waals surface area contributed by atoms with Crippen LogP contribution in [0.25, 0.3) is 17.1 Å². The number of nitrogens with one attached hydrogen (secondary N) is 1. The summed E-state index contributed by atoms with van der Waals surface area (Å²) in [4.78, 5) is 15.5. The summed E-state index contributed by atoms with van der Waals surface area (Å²) in [5.74, 6) is -0.437. The molecule has 0 bridgehead atoms. The third-order valence-corrected chi connectivity index (χ3v) is 3.58. The van der Waals surface area contributed by atoms with Gasteiger partial charge in [0.1, 0.15) is 12.1 Å². The van der Waals surface area contributed by atoms with Crippen LogP contribution in [0.15, 0.2) is 48.8 Å². The molecule has 1 aromatic heterocycles. The van der Waals surface area contributed by atoms with Crippen molar-refractivity contribution >= 4 is 5.91 Å². The maximum Gasteiger partial charge on any atom is 0.573 e. The van der Waals surface area contributed by atoms with Crippen LogP contribution in [-0.4, -0.2) is 27.0 Å². The highest BCUT2D eigenvalue weighted by atomic mass is 19.4. The monoisotopic (exact) mass is 423 g/mol. The number of carbonyl (C=O) groups excluding carboxylic acids is 1. The lowest BCUT2D eigenvalue weighted by atomic mass is 10.0. The number of hydrogen-bond acceptors (Lipinski definition) is 5. The minimum absolute atomic E-state index is 0.320. The summed E-state index contributed by atoms with van der Waals surface area (Å²) in [7, 11) is 0. The van der Waals surface area contributed by atoms with Gasteiger partial charge in [0, 0.05) is 11.1 Å². The number of benzene rings is 2. The quantitative estimate of drug-likeness (QED) is 0.556. The Morgan fingerprint density at radius 3 is 2.23 bits per heavy atom. The van der Waals surface area contributed by atoms with Crippen LogP contribution in [0.3, 0.4) is 0 Å². The van der Waals surface area contributed by atoms with E-state index in [1.807, 2.05) is 13.8 Å². The average molecular weight is 423 g/mol. The summed E-state index contributed by atoms with van der Waals surface area (Å²) in [6.45, 7) is 5.75. The lowest BCUT2D eigenvalue weighted by Crippen LogP contribution is -2.17. The molecule has 1 amide bonds. The van der Waals surface area contributed by atoms with E-state index >= 15 is 0 Å². The zero-order chi connectivity index (χ0) is 22.9. The Hall–Kier alpha value is -3.76. The largest absolute Gasteiger partial charge is 0.573 e. The van der Waals surface area contributed by atoms with Crippen LogP contribution >= 0.6 is 0 Å². The molecule has 160 valence electrons. The summed E-state index contributed by atoms with van der Waals surface area (Å²) >= 11 is 0. The molecule has 0 spiro atoms. The SMILES string of the molecule is CC.Cc1cc(-c2ncn(-c3ccc(OC(F)(F)F)cc3)n2)ccc1C(N)=O.N=[NH2+]. The highest BCUT2D eigenvalue weighted by Gasteiger charge is 2.31. The second-order valence-corrected chi connectivity index (χ2v) is 5.45. The molecule has 0 aliphatic carbocycles. The number of amides is 1. The molecule has 11 heteroatoms. The third-order valence-electron chi connectivity index (χ3n) is 3.58. The Bertz CT molecular complexity index is 971. The van der Waals surface area contributed by atoms with Crippen molar-refractivity contribution in [3.8, 4) is 22.8 Å². The molecular weight excluding hydrogens is 401 g/mol. The van der Waals surface area contributed by atoms with E-state index in [0.717, 1.165) is 0 Å². The Kier molecular flexibility index (Phi) is 8.65. The van der Waals surface area contributed by atoms with Crippen LogP contribution in [0.4, 0.5) is 13.2 Å². The normalized spacial score (nSPS) is 10.2. The molecule has 0 unspecified atom stereocenters. The second kappa shape index (κ2) is 10.7. The van der Waals surface area contributed by atoms with Crippen molar-refractivity contribution in [3.63, 3.8) is 0 Å². The van der Waals surface area contributed by atoms with Crippen LogP contribution in [-0.2, 0) is 0 Å². The van der Waals surface area contributed by atoms with E-state index in [1.54, 1.807) is 25.1 Å². The number of ether oxygens (including phenoxy) is 1. The summed E-state index contributed by atoms with van der Waals surface area (Å²) in [6, 6.07) is 10.2. The average Bonchev–Trinajstić information content (AvgIpc) is 3.20. The number of carbonyl (C=O) groups is 1. The summed E-state index contributed by atoms with van der Waals surface area (Å²) < 4.78 is 41.8. The van der Waals surface area contributed by atoms with Gasteiger partial charge in [-0.25, -0.2) is 9.67 Å². The van der Waals surface area contributed by atoms with Gasteiger partial charge in [0.05, 0.1) is 5.69 Å². The standard InChI is InChI=1S/C17H13F3N4O2.C2H6.H2N2/c1-10-8-11(2-7-14(10)15(21)25)16-22-9-24(23-16)12-3-5-13(6-4-12)26-17(18,19)20;2*1-2/h2-9H,1H3,(H2,21,25);1-2H3;1-2H/p+1. The van der Waals surface area contributed by atoms with Gasteiger partial charge in [0.15, 0.2) is 5.82 Å². The molecule has 30 heavy (non-hydrogen) atoms. The molecule has 0 fully saturated rings. The van der Waals surface area contributed by atoms with Gasteiger partial charge in [0.25, 0.3) is 0 Å². The molecule has 1 heterocycles. The van der Waals surface area contributed by atoms with E-state index in [1.165, 1.54) is 35.3 Å². The van der Waals surface area contributed by atoms with Crippen LogP contribution < -0.4 is 16.0 Å². The maximum atomic E-state index is 12.2. The van der Waals surface area contributed by atoms with Gasteiger partial charge in [0.2, 0.25) is 5.91 Å². The van der Waals surface area contributed by atoms with Gasteiger partial charge in [-0.15, -0.1) is 18.3 Å². The van der Waals surface area contributed by atoms with Gasteiger partial charge >= 0.3 is 6.36 Å². The topological polar surface area (TPSA) is 132 Å². The van der Waals surface area contributed by atoms with E-state index in [4.69, 9.17) is 11.3 Å². The summed E-state index contributed by atoms with van der Waals surface area (Å²) in [5, 5.41) is 4.30. The van der Waals surface area contributed by atoms with Crippen molar-refractivity contribution in [2.75, 3.05) is 0 Å². The fourth-order valence-corrected chi connectivity index (χ4v) is 2.40. The lowest BCUT2D eigenvalue weighted by Gasteiger charge is -2.09. The van der Waals surface area contributed by atoms with Crippen molar-refractivity contribution in [2.24, 2.45) is 5.73 Å². The fourth-order valence-electron chi connectivity index (χ4n) is 2.40. The molecule has 5 N–H and O–H groups in total. The predicted molar refractivity (Wildman–Crippen MR) is 103 cm³/mol. The smallest absolute Gasteiger partial charge is 0.406 e. The first-order valence-corrected chi connectivity index (χ1v) is 8.70. The van der Waals surface area contributed by atoms with Crippen LogP contribution in [0.1, 0.15) is 29.8 Å². The molecule has 0 saturated heterocycles. The first kappa shape index (κ1) is 24.3. The molecule has 0 saturated carbocycles. The summed E-state index contributed by atoms with van der Waals surface area (Å²) in [5.41, 5.74) is 16.6. The van der Waals surface area contributed by atoms with Crippen LogP contribution in [0.5, 0.6) is 5.75 Å². The molecule has 2 aromatic carbocycles. The first-order chi connectivity index (χ1) is 14.2. The highest BCUT2D eigenvalue weighted by Crippen LogP contribution is 2.24. The number of aryl methyl sites for hydroxylation is 1. The molecule has 8 nitrogen and oxygen atoms in total. The molecular formula is C19H22F3N6O2+. The predicted octanol–water partition coefficient (Wildman–Crippen LogP) is 3.04. The van der Waals surface area contributed by atoms with Crippen molar-refractivity contribution in [1.29, 1.82) is 5.53 Å². The summed E-state index contributed by atoms with van der Waals surface area (Å²) in [6.07, 6.45) is -3.30. The Labute approximate surface area is 170 Å². The molecule has 0 aliphatic heterocycles. The minimum atomic E-state index is -4.74. The van der Waals surface area contributed by atoms with E-state index < -0.39 is 12.3 Å². The number of aromatic nitrogens is 3. The van der Waals surface area contributed by atoms with E-state index in [2.05, 4.69) is 20.4 Å². The Balaban J connectivity index is 0.00000106. The number of primary amides is 1. The molecule has 0 radical (unpaired) electrons. The number of nitrogens with zero attached hydrogens (tertiary/aromatic N) is 3. The van der Waals surface area contributed by atoms with Gasteiger partial charge in [-0.3, -0.25) is 4.79 Å². The van der Waals surface area contributed by atoms with Gasteiger partial charge < -0.3 is 10.5 Å². The lowest BCUT2D eigenvalue weighted by molar-refractivity contribution is -0.274. The Morgan fingerprint density at radius 1 is 1.13 bits per heavy atom. The van der Waals surface area contributed by atoms with Gasteiger partial charge in [-0.2, -0.15) is 5.53 Å². The third kappa shape index (κ3) is 6.40. The van der Waals surface area contributed by atoms with Crippen molar-refractivity contribution < 1.29 is 28.2 Å². The van der Waals surface area contributed by atoms with E-state index in [-0.39, 0.29) is 5.75 Å². The Morgan fingerprint density at radius 2 is 1.73 bits per heavy atom. The number of halogens is 3. The number of nitrogens with two attached hydrogens (primary N) is 2. The number of alkyl halides is 3.